The Bertz CT molecular complexity index is 2390. The van der Waals surface area contributed by atoms with E-state index in [4.69, 9.17) is 18.9 Å². The smallest absolute Gasteiger partial charge is 0.306 e. The van der Waals surface area contributed by atoms with E-state index in [1.807, 2.05) is 0 Å². The number of rotatable bonds is 18. The van der Waals surface area contributed by atoms with Crippen LogP contribution in [0.15, 0.2) is 0 Å². The highest BCUT2D eigenvalue weighted by atomic mass is 16.6. The van der Waals surface area contributed by atoms with Crippen molar-refractivity contribution >= 4 is 23.9 Å². The van der Waals surface area contributed by atoms with Gasteiger partial charge in [-0.15, -0.1) is 0 Å². The second-order valence-corrected chi connectivity index (χ2v) is 36.3. The highest BCUT2D eigenvalue weighted by molar-refractivity contribution is 5.72. The van der Waals surface area contributed by atoms with E-state index in [2.05, 4.69) is 96.9 Å². The summed E-state index contributed by atoms with van der Waals surface area (Å²) >= 11 is 0. The Labute approximate surface area is 528 Å². The lowest BCUT2D eigenvalue weighted by molar-refractivity contribution is -0.243. The third kappa shape index (κ3) is 11.8. The van der Waals surface area contributed by atoms with E-state index in [1.54, 1.807) is 0 Å². The number of esters is 2. The van der Waals surface area contributed by atoms with E-state index in [0.717, 1.165) is 64.2 Å². The van der Waals surface area contributed by atoms with Crippen molar-refractivity contribution in [2.24, 2.45) is 127 Å². The summed E-state index contributed by atoms with van der Waals surface area (Å²) in [5.41, 5.74) is -2.75. The van der Waals surface area contributed by atoms with Crippen molar-refractivity contribution in [3.8, 4) is 0 Å². The molecule has 14 heteroatoms. The maximum absolute atomic E-state index is 14.9. The van der Waals surface area contributed by atoms with Crippen LogP contribution in [-0.4, -0.2) is 115 Å². The van der Waals surface area contributed by atoms with Crippen molar-refractivity contribution < 1.29 is 68.8 Å². The van der Waals surface area contributed by atoms with Crippen LogP contribution in [0.5, 0.6) is 0 Å². The Balaban J connectivity index is 0.772. The number of hydrogen-bond acceptors (Lipinski definition) is 12. The molecule has 10 unspecified atom stereocenters. The molecule has 0 amide bonds. The predicted molar refractivity (Wildman–Crippen MR) is 335 cm³/mol. The molecule has 12 aliphatic rings. The Morgan fingerprint density at radius 2 is 0.830 bits per heavy atom. The number of carboxylic acid groups (broad SMARTS) is 2. The van der Waals surface area contributed by atoms with Gasteiger partial charge in [0.25, 0.3) is 0 Å². The lowest BCUT2D eigenvalue weighted by Crippen LogP contribution is -2.65. The van der Waals surface area contributed by atoms with Crippen LogP contribution in [0, 0.1) is 127 Å². The minimum Gasteiger partial charge on any atom is -0.481 e. The van der Waals surface area contributed by atoms with Crippen LogP contribution in [0.25, 0.3) is 0 Å². The normalized spacial score (nSPS) is 48.9. The zero-order valence-electron chi connectivity index (χ0n) is 56.8. The van der Waals surface area contributed by atoms with Crippen molar-refractivity contribution in [1.29, 1.82) is 0 Å². The molecule has 0 saturated heterocycles. The molecule has 26 atom stereocenters. The summed E-state index contributed by atoms with van der Waals surface area (Å²) in [5.74, 6) is 0.0839. The summed E-state index contributed by atoms with van der Waals surface area (Å²) in [5, 5.41) is 69.1. The highest BCUT2D eigenvalue weighted by Crippen LogP contribution is 2.73. The quantitative estimate of drug-likeness (QED) is 0.0702. The van der Waals surface area contributed by atoms with E-state index in [-0.39, 0.29) is 154 Å². The largest absolute Gasteiger partial charge is 0.481 e. The van der Waals surface area contributed by atoms with E-state index in [9.17, 15) is 49.8 Å². The molecule has 0 heterocycles. The van der Waals surface area contributed by atoms with Gasteiger partial charge in [-0.25, -0.2) is 0 Å². The van der Waals surface area contributed by atoms with E-state index >= 15 is 0 Å². The Hall–Kier alpha value is -2.36. The third-order valence-corrected chi connectivity index (χ3v) is 29.2. The van der Waals surface area contributed by atoms with E-state index in [0.29, 0.717) is 88.9 Å². The molecular weight excluding hydrogens is 1110 g/mol. The number of aliphatic hydroxyl groups is 4. The number of carbonyl (C=O) groups is 4. The summed E-state index contributed by atoms with van der Waals surface area (Å²) in [6, 6.07) is 0. The van der Waals surface area contributed by atoms with Gasteiger partial charge in [0.1, 0.15) is 12.2 Å². The molecule has 0 radical (unpaired) electrons. The number of hydrogen-bond donors (Lipinski definition) is 6. The molecule has 12 aliphatic carbocycles. The minimum absolute atomic E-state index is 0.00219. The number of carboxylic acids is 2. The van der Waals surface area contributed by atoms with Crippen LogP contribution in [0.2, 0.25) is 0 Å². The average molecular weight is 1230 g/mol. The van der Waals surface area contributed by atoms with Crippen molar-refractivity contribution in [1.82, 2.24) is 0 Å². The molecule has 0 aromatic rings. The molecule has 12 saturated carbocycles. The van der Waals surface area contributed by atoms with Crippen LogP contribution in [0.1, 0.15) is 251 Å². The van der Waals surface area contributed by atoms with E-state index < -0.39 is 58.4 Å². The number of ether oxygens (including phenoxy) is 4. The van der Waals surface area contributed by atoms with Crippen LogP contribution in [0.4, 0.5) is 0 Å². The lowest BCUT2D eigenvalue weighted by atomic mass is 9.40. The number of carbonyl (C=O) groups excluding carboxylic acids is 2. The fourth-order valence-electron chi connectivity index (χ4n) is 26.7. The molecule has 12 fully saturated rings. The summed E-state index contributed by atoms with van der Waals surface area (Å²) in [6.45, 7) is 30.5. The van der Waals surface area contributed by atoms with Gasteiger partial charge in [-0.3, -0.25) is 19.2 Å². The first-order valence-corrected chi connectivity index (χ1v) is 35.8. The topological polar surface area (TPSA) is 227 Å². The van der Waals surface area contributed by atoms with Crippen molar-refractivity contribution in [2.45, 2.75) is 311 Å². The van der Waals surface area contributed by atoms with Gasteiger partial charge >= 0.3 is 23.9 Å². The van der Waals surface area contributed by atoms with Crippen molar-refractivity contribution in [2.75, 3.05) is 0 Å². The first-order valence-electron chi connectivity index (χ1n) is 35.8. The summed E-state index contributed by atoms with van der Waals surface area (Å²) in [7, 11) is 0. The first-order chi connectivity index (χ1) is 40.9. The van der Waals surface area contributed by atoms with Gasteiger partial charge in [-0.2, -0.15) is 0 Å². The molecule has 12 rings (SSSR count). The molecule has 4 bridgehead atoms. The lowest BCUT2D eigenvalue weighted by Gasteiger charge is -2.66. The van der Waals surface area contributed by atoms with Crippen LogP contribution < -0.4 is 0 Å². The van der Waals surface area contributed by atoms with Gasteiger partial charge in [0.2, 0.25) is 0 Å². The zero-order valence-corrected chi connectivity index (χ0v) is 56.8. The molecule has 0 aromatic carbocycles. The van der Waals surface area contributed by atoms with E-state index in [1.165, 1.54) is 0 Å². The predicted octanol–water partition coefficient (Wildman–Crippen LogP) is 13.2. The summed E-state index contributed by atoms with van der Waals surface area (Å²) in [4.78, 5) is 53.1. The Kier molecular flexibility index (Phi) is 18.2. The zero-order chi connectivity index (χ0) is 64.0. The second kappa shape index (κ2) is 23.8. The van der Waals surface area contributed by atoms with Gasteiger partial charge in [0, 0.05) is 12.8 Å². The van der Waals surface area contributed by atoms with Gasteiger partial charge in [0.05, 0.1) is 60.7 Å². The molecule has 6 N–H and O–H groups in total. The average Bonchev–Trinajstić information content (AvgIpc) is 1.19. The molecular formula is C74H120O14. The molecule has 0 spiro atoms. The summed E-state index contributed by atoms with van der Waals surface area (Å²) in [6.07, 6.45) is 13.2. The van der Waals surface area contributed by atoms with Crippen LogP contribution >= 0.6 is 0 Å². The Morgan fingerprint density at radius 1 is 0.466 bits per heavy atom. The second-order valence-electron chi connectivity index (χ2n) is 36.3. The number of aliphatic hydroxyl groups excluding tert-OH is 4. The third-order valence-electron chi connectivity index (χ3n) is 29.2. The molecule has 14 nitrogen and oxygen atoms in total. The van der Waals surface area contributed by atoms with Gasteiger partial charge in [-0.05, 0) is 311 Å². The monoisotopic (exact) mass is 1230 g/mol. The Morgan fingerprint density at radius 3 is 1.17 bits per heavy atom. The molecule has 88 heavy (non-hydrogen) atoms. The molecule has 500 valence electrons. The maximum atomic E-state index is 14.9. The van der Waals surface area contributed by atoms with Gasteiger partial charge in [-0.1, -0.05) is 41.5 Å². The molecule has 0 aliphatic heterocycles. The fraction of sp³-hybridized carbons (Fsp3) is 0.946. The SMILES string of the molecule is CC(OC(C)(C)C)C1C[C@@H](OC(=O)CC23CC4CC(C2)CC(CC(=O)O[C@@H]2CC(C(C)OC(C)(C)C)[C@]5(C)C6C[C@H](O)[C@@]7(C)C(CC[C@@H]7[C@H](C)CCC(=O)O)C6[C@H](O)C[C@@H]5C2)(C4)C3)C[C@H]2C[C@@H](O)C3C(C[C@H](O)[C@@]4(C)C3CC[C@@H]4[C@H](C)CCC(=O)O)[C@@]12C. The number of fused-ring (bicyclic) bond motifs is 10. The van der Waals surface area contributed by atoms with Crippen molar-refractivity contribution in [3.63, 3.8) is 0 Å². The van der Waals surface area contributed by atoms with Crippen LogP contribution in [0.3, 0.4) is 0 Å². The maximum Gasteiger partial charge on any atom is 0.306 e. The first kappa shape index (κ1) is 67.1. The standard InChI is InChI=1S/C74H120O14/c1-39(15-21-61(79)80)49-17-19-51-65-55(30-59(77)71(49,51)13)69(11)45(26-57(65)75)24-47(28-53(69)41(3)87-67(5,6)7)85-63(83)36-73-32-43-23-44(33-73)35-74(34-43,38-73)37-64(84)86-48-25-46-27-58(76)66-52-20-18-50(40(2)16-22-62(81)82)72(52,14)60(78)31-56(66)70(46,12)54(29-48)42(4)88-68(8,9)10/h39-60,65-66,75-78H,15-38H2,1-14H3,(H,79,80)(H,81,82)/t39-,40-,41?,42?,43?,44?,45+,46+,47+,48+,49-,50-,51?,52?,53?,54?,55?,56?,57-,58-,59+,60+,65?,66?,69-,70-,71-,72-,73?,74?/m1/s1. The van der Waals surface area contributed by atoms with Gasteiger partial charge < -0.3 is 49.6 Å². The highest BCUT2D eigenvalue weighted by Gasteiger charge is 2.71. The minimum atomic E-state index is -0.789. The summed E-state index contributed by atoms with van der Waals surface area (Å²) < 4.78 is 27.4. The fourth-order valence-corrected chi connectivity index (χ4v) is 26.7. The number of aliphatic carboxylic acids is 2. The molecule has 0 aromatic heterocycles. The van der Waals surface area contributed by atoms with Crippen molar-refractivity contribution in [3.05, 3.63) is 0 Å². The van der Waals surface area contributed by atoms with Gasteiger partial charge in [0.15, 0.2) is 0 Å². The van der Waals surface area contributed by atoms with Crippen LogP contribution in [-0.2, 0) is 38.1 Å².